The smallest absolute Gasteiger partial charge is 0.293 e. The van der Waals surface area contributed by atoms with E-state index in [0.29, 0.717) is 28.5 Å². The highest BCUT2D eigenvalue weighted by molar-refractivity contribution is 8.18. The number of imide groups is 1. The van der Waals surface area contributed by atoms with E-state index in [9.17, 15) is 19.7 Å². The second-order valence-electron chi connectivity index (χ2n) is 4.94. The van der Waals surface area contributed by atoms with Gasteiger partial charge in [0.2, 0.25) is 0 Å². The predicted molar refractivity (Wildman–Crippen MR) is 89.1 cm³/mol. The number of nitro groups is 1. The molecule has 0 unspecified atom stereocenters. The van der Waals surface area contributed by atoms with Crippen molar-refractivity contribution < 1.29 is 18.9 Å². The van der Waals surface area contributed by atoms with Gasteiger partial charge in [0, 0.05) is 30.3 Å². The van der Waals surface area contributed by atoms with Crippen LogP contribution in [0, 0.1) is 10.1 Å². The number of carbonyl (C=O) groups excluding carboxylic acids is 2. The van der Waals surface area contributed by atoms with E-state index < -0.39 is 4.92 Å². The summed E-state index contributed by atoms with van der Waals surface area (Å²) in [6.07, 6.45) is 1.50. The number of nitrogens with zero attached hydrogens (tertiary/aromatic N) is 2. The number of hydrogen-bond acceptors (Lipinski definition) is 6. The molecule has 0 bridgehead atoms. The maximum Gasteiger partial charge on any atom is 0.293 e. The topological polar surface area (TPSA) is 93.7 Å². The van der Waals surface area contributed by atoms with E-state index in [4.69, 9.17) is 4.42 Å². The number of benzene rings is 1. The fraction of sp³-hybridized carbons (Fsp3) is 0.125. The van der Waals surface area contributed by atoms with Crippen molar-refractivity contribution in [2.45, 2.75) is 6.92 Å². The number of likely N-dealkylation sites (N-methyl/N-ethyl adjacent to an activating group) is 1. The van der Waals surface area contributed by atoms with Gasteiger partial charge in [0.15, 0.2) is 0 Å². The number of hydrogen-bond donors (Lipinski definition) is 0. The first kappa shape index (κ1) is 16.0. The summed E-state index contributed by atoms with van der Waals surface area (Å²) in [5.74, 6) is 0.499. The Balaban J connectivity index is 1.88. The van der Waals surface area contributed by atoms with Crippen molar-refractivity contribution in [2.75, 3.05) is 6.54 Å². The second-order valence-corrected chi connectivity index (χ2v) is 5.93. The van der Waals surface area contributed by atoms with Gasteiger partial charge in [-0.2, -0.15) is 0 Å². The van der Waals surface area contributed by atoms with Crippen LogP contribution in [-0.2, 0) is 4.79 Å². The molecule has 3 rings (SSSR count). The van der Waals surface area contributed by atoms with E-state index in [-0.39, 0.29) is 16.8 Å². The summed E-state index contributed by atoms with van der Waals surface area (Å²) in [4.78, 5) is 35.5. The Labute approximate surface area is 141 Å². The van der Waals surface area contributed by atoms with Crippen LogP contribution in [0.15, 0.2) is 45.7 Å². The largest absolute Gasteiger partial charge is 0.457 e. The van der Waals surface area contributed by atoms with Gasteiger partial charge in [0.05, 0.1) is 9.83 Å². The van der Waals surface area contributed by atoms with Gasteiger partial charge in [-0.1, -0.05) is 12.1 Å². The number of amides is 2. The van der Waals surface area contributed by atoms with Gasteiger partial charge in [-0.15, -0.1) is 0 Å². The third-order valence-electron chi connectivity index (χ3n) is 3.43. The molecule has 0 N–H and O–H groups in total. The molecule has 2 amide bonds. The van der Waals surface area contributed by atoms with Crippen molar-refractivity contribution in [3.05, 3.63) is 57.2 Å². The Kier molecular flexibility index (Phi) is 4.22. The van der Waals surface area contributed by atoms with Crippen molar-refractivity contribution in [3.63, 3.8) is 0 Å². The minimum absolute atomic E-state index is 0.0329. The van der Waals surface area contributed by atoms with Crippen molar-refractivity contribution in [3.8, 4) is 11.3 Å². The normalized spacial score (nSPS) is 16.2. The zero-order valence-electron chi connectivity index (χ0n) is 12.6. The number of furan rings is 1. The van der Waals surface area contributed by atoms with Gasteiger partial charge in [0.1, 0.15) is 11.5 Å². The molecule has 1 aliphatic rings. The second kappa shape index (κ2) is 6.32. The lowest BCUT2D eigenvalue weighted by atomic mass is 10.1. The molecule has 2 aromatic rings. The number of carbonyl (C=O) groups is 2. The van der Waals surface area contributed by atoms with Crippen LogP contribution in [0.3, 0.4) is 0 Å². The predicted octanol–water partition coefficient (Wildman–Crippen LogP) is 3.91. The van der Waals surface area contributed by atoms with Crippen molar-refractivity contribution >= 4 is 34.7 Å². The molecule has 2 heterocycles. The van der Waals surface area contributed by atoms with Crippen molar-refractivity contribution in [1.82, 2.24) is 4.90 Å². The minimum Gasteiger partial charge on any atom is -0.457 e. The van der Waals surface area contributed by atoms with Crippen LogP contribution in [0.2, 0.25) is 0 Å². The molecule has 0 saturated carbocycles. The van der Waals surface area contributed by atoms with Gasteiger partial charge in [-0.3, -0.25) is 24.6 Å². The summed E-state index contributed by atoms with van der Waals surface area (Å²) in [5, 5.41) is 10.5. The van der Waals surface area contributed by atoms with Crippen LogP contribution >= 0.6 is 11.8 Å². The van der Waals surface area contributed by atoms with Gasteiger partial charge >= 0.3 is 0 Å². The van der Waals surface area contributed by atoms with E-state index in [1.54, 1.807) is 31.2 Å². The van der Waals surface area contributed by atoms with Gasteiger partial charge < -0.3 is 4.42 Å². The average molecular weight is 344 g/mol. The van der Waals surface area contributed by atoms with Crippen LogP contribution in [0.25, 0.3) is 17.4 Å². The zero-order chi connectivity index (χ0) is 17.3. The summed E-state index contributed by atoms with van der Waals surface area (Å²) < 4.78 is 5.62. The zero-order valence-corrected chi connectivity index (χ0v) is 13.4. The Morgan fingerprint density at radius 3 is 2.75 bits per heavy atom. The Bertz CT molecular complexity index is 871. The fourth-order valence-electron chi connectivity index (χ4n) is 2.26. The molecule has 122 valence electrons. The Morgan fingerprint density at radius 1 is 1.29 bits per heavy atom. The van der Waals surface area contributed by atoms with Crippen LogP contribution in [0.1, 0.15) is 12.7 Å². The van der Waals surface area contributed by atoms with E-state index in [0.717, 1.165) is 16.7 Å². The maximum atomic E-state index is 12.0. The molecule has 0 aliphatic carbocycles. The third kappa shape index (κ3) is 2.95. The lowest BCUT2D eigenvalue weighted by Crippen LogP contribution is -2.27. The average Bonchev–Trinajstić information content (AvgIpc) is 3.13. The molecule has 1 aromatic carbocycles. The molecular weight excluding hydrogens is 332 g/mol. The monoisotopic (exact) mass is 344 g/mol. The van der Waals surface area contributed by atoms with Crippen molar-refractivity contribution in [2.24, 2.45) is 0 Å². The fourth-order valence-corrected chi connectivity index (χ4v) is 3.14. The van der Waals surface area contributed by atoms with E-state index in [2.05, 4.69) is 0 Å². The number of non-ortho nitro benzene ring substituents is 1. The summed E-state index contributed by atoms with van der Waals surface area (Å²) >= 11 is 0.862. The van der Waals surface area contributed by atoms with Crippen molar-refractivity contribution in [1.29, 1.82) is 0 Å². The van der Waals surface area contributed by atoms with Crippen LogP contribution in [-0.4, -0.2) is 27.5 Å². The minimum atomic E-state index is -0.478. The SMILES string of the molecule is CCN1C(=O)S/C(=C/c2ccc(-c3cccc([N+](=O)[O-])c3)o2)C1=O. The lowest BCUT2D eigenvalue weighted by Gasteiger charge is -2.06. The van der Waals surface area contributed by atoms with Crippen LogP contribution in [0.4, 0.5) is 10.5 Å². The third-order valence-corrected chi connectivity index (χ3v) is 4.34. The molecule has 24 heavy (non-hydrogen) atoms. The molecule has 0 atom stereocenters. The highest BCUT2D eigenvalue weighted by Gasteiger charge is 2.33. The number of nitro benzene ring substituents is 1. The maximum absolute atomic E-state index is 12.0. The molecule has 0 spiro atoms. The van der Waals surface area contributed by atoms with Crippen LogP contribution in [0.5, 0.6) is 0 Å². The molecule has 7 nitrogen and oxygen atoms in total. The summed E-state index contributed by atoms with van der Waals surface area (Å²) in [7, 11) is 0. The summed E-state index contributed by atoms with van der Waals surface area (Å²) in [5.41, 5.74) is 0.528. The molecule has 1 aromatic heterocycles. The first-order valence-corrected chi connectivity index (χ1v) is 7.91. The first-order valence-electron chi connectivity index (χ1n) is 7.09. The highest BCUT2D eigenvalue weighted by atomic mass is 32.2. The van der Waals surface area contributed by atoms with E-state index in [1.807, 2.05) is 0 Å². The number of thioether (sulfide) groups is 1. The van der Waals surface area contributed by atoms with Gasteiger partial charge in [0.25, 0.3) is 16.8 Å². The van der Waals surface area contributed by atoms with Crippen LogP contribution < -0.4 is 0 Å². The molecular formula is C16H12N2O5S. The van der Waals surface area contributed by atoms with E-state index >= 15 is 0 Å². The standard InChI is InChI=1S/C16H12N2O5S/c1-2-17-15(19)14(24-16(17)20)9-12-6-7-13(23-12)10-4-3-5-11(8-10)18(21)22/h3-9H,2H2,1H3/b14-9+. The van der Waals surface area contributed by atoms with Gasteiger partial charge in [-0.25, -0.2) is 0 Å². The first-order chi connectivity index (χ1) is 11.5. The van der Waals surface area contributed by atoms with Gasteiger partial charge in [-0.05, 0) is 30.8 Å². The molecule has 1 saturated heterocycles. The molecule has 0 radical (unpaired) electrons. The Morgan fingerprint density at radius 2 is 2.08 bits per heavy atom. The molecule has 1 aliphatic heterocycles. The molecule has 1 fully saturated rings. The quantitative estimate of drug-likeness (QED) is 0.474. The summed E-state index contributed by atoms with van der Waals surface area (Å²) in [6, 6.07) is 9.38. The highest BCUT2D eigenvalue weighted by Crippen LogP contribution is 2.33. The number of rotatable bonds is 4. The Hall–Kier alpha value is -2.87. The molecule has 8 heteroatoms. The lowest BCUT2D eigenvalue weighted by molar-refractivity contribution is -0.384. The summed E-state index contributed by atoms with van der Waals surface area (Å²) in [6.45, 7) is 2.05. The van der Waals surface area contributed by atoms with E-state index in [1.165, 1.54) is 18.2 Å².